The molecule has 0 spiro atoms. The third-order valence-corrected chi connectivity index (χ3v) is 1.67. The van der Waals surface area contributed by atoms with E-state index in [2.05, 4.69) is 11.6 Å². The Balaban J connectivity index is 3.21. The molecule has 0 N–H and O–H groups in total. The van der Waals surface area contributed by atoms with Gasteiger partial charge in [0.1, 0.15) is 0 Å². The fourth-order valence-electron chi connectivity index (χ4n) is 0.912. The van der Waals surface area contributed by atoms with Crippen molar-refractivity contribution in [2.45, 2.75) is 13.1 Å². The first kappa shape index (κ1) is 9.77. The van der Waals surface area contributed by atoms with Crippen LogP contribution in [0.25, 0.3) is 6.08 Å². The molecule has 0 aliphatic heterocycles. The van der Waals surface area contributed by atoms with Crippen molar-refractivity contribution in [3.63, 3.8) is 0 Å². The zero-order valence-corrected chi connectivity index (χ0v) is 7.02. The predicted molar refractivity (Wildman–Crippen MR) is 44.1 cm³/mol. The maximum Gasteiger partial charge on any atom is 0.417 e. The van der Waals surface area contributed by atoms with Gasteiger partial charge in [0.05, 0.1) is 5.56 Å². The van der Waals surface area contributed by atoms with E-state index in [0.29, 0.717) is 11.3 Å². The maximum absolute atomic E-state index is 12.2. The fraction of sp³-hybridized carbons (Fsp3) is 0.222. The first-order valence-electron chi connectivity index (χ1n) is 3.61. The molecule has 1 rings (SSSR count). The topological polar surface area (TPSA) is 12.9 Å². The monoisotopic (exact) mass is 187 g/mol. The van der Waals surface area contributed by atoms with Crippen molar-refractivity contribution in [3.8, 4) is 0 Å². The summed E-state index contributed by atoms with van der Waals surface area (Å²) in [7, 11) is 0. The van der Waals surface area contributed by atoms with Gasteiger partial charge < -0.3 is 0 Å². The van der Waals surface area contributed by atoms with E-state index in [1.54, 1.807) is 6.92 Å². The van der Waals surface area contributed by atoms with Gasteiger partial charge >= 0.3 is 6.18 Å². The summed E-state index contributed by atoms with van der Waals surface area (Å²) in [5.41, 5.74) is 0.214. The zero-order chi connectivity index (χ0) is 10.1. The third kappa shape index (κ3) is 2.08. The smallest absolute Gasteiger partial charge is 0.260 e. The van der Waals surface area contributed by atoms with Crippen molar-refractivity contribution in [1.82, 2.24) is 4.98 Å². The van der Waals surface area contributed by atoms with E-state index in [1.165, 1.54) is 6.08 Å². The minimum atomic E-state index is -4.33. The van der Waals surface area contributed by atoms with Crippen LogP contribution in [0.1, 0.15) is 16.8 Å². The SMILES string of the molecule is C=Cc1cc(C(F)(F)F)cnc1C. The molecule has 0 saturated heterocycles. The van der Waals surface area contributed by atoms with Crippen LogP contribution in [-0.2, 0) is 6.18 Å². The van der Waals surface area contributed by atoms with E-state index in [0.717, 1.165) is 12.3 Å². The summed E-state index contributed by atoms with van der Waals surface area (Å²) >= 11 is 0. The number of halogens is 3. The van der Waals surface area contributed by atoms with Gasteiger partial charge in [-0.2, -0.15) is 13.2 Å². The molecule has 0 radical (unpaired) electrons. The van der Waals surface area contributed by atoms with Crippen LogP contribution in [0.3, 0.4) is 0 Å². The summed E-state index contributed by atoms with van der Waals surface area (Å²) in [5.74, 6) is 0. The molecule has 0 bridgehead atoms. The lowest BCUT2D eigenvalue weighted by atomic mass is 10.1. The Morgan fingerprint density at radius 2 is 2.08 bits per heavy atom. The van der Waals surface area contributed by atoms with Gasteiger partial charge in [0, 0.05) is 11.9 Å². The molecular formula is C9H8F3N. The van der Waals surface area contributed by atoms with Crippen LogP contribution in [0, 0.1) is 6.92 Å². The highest BCUT2D eigenvalue weighted by molar-refractivity contribution is 5.50. The van der Waals surface area contributed by atoms with Gasteiger partial charge in [-0.25, -0.2) is 0 Å². The van der Waals surface area contributed by atoms with Crippen LogP contribution in [0.15, 0.2) is 18.8 Å². The molecule has 0 unspecified atom stereocenters. The molecule has 1 nitrogen and oxygen atoms in total. The molecule has 13 heavy (non-hydrogen) atoms. The number of aromatic nitrogens is 1. The molecule has 1 aromatic heterocycles. The first-order valence-corrected chi connectivity index (χ1v) is 3.61. The Morgan fingerprint density at radius 3 is 2.54 bits per heavy atom. The lowest BCUT2D eigenvalue weighted by molar-refractivity contribution is -0.137. The molecule has 0 aromatic carbocycles. The minimum absolute atomic E-state index is 0.412. The first-order chi connectivity index (χ1) is 5.95. The van der Waals surface area contributed by atoms with E-state index in [9.17, 15) is 13.2 Å². The molecule has 1 aromatic rings. The number of rotatable bonds is 1. The summed E-state index contributed by atoms with van der Waals surface area (Å²) in [6.07, 6.45) is -2.15. The molecule has 0 fully saturated rings. The number of pyridine rings is 1. The average molecular weight is 187 g/mol. The van der Waals surface area contributed by atoms with Gasteiger partial charge in [-0.3, -0.25) is 4.98 Å². The summed E-state index contributed by atoms with van der Waals surface area (Å²) < 4.78 is 36.5. The minimum Gasteiger partial charge on any atom is -0.260 e. The van der Waals surface area contributed by atoms with Crippen molar-refractivity contribution < 1.29 is 13.2 Å². The Morgan fingerprint density at radius 1 is 1.46 bits per heavy atom. The van der Waals surface area contributed by atoms with Crippen LogP contribution in [0.4, 0.5) is 13.2 Å². The molecular weight excluding hydrogens is 179 g/mol. The summed E-state index contributed by atoms with van der Waals surface area (Å²) in [4.78, 5) is 3.63. The van der Waals surface area contributed by atoms with Crippen LogP contribution in [0.5, 0.6) is 0 Å². The molecule has 0 atom stereocenters. The second kappa shape index (κ2) is 3.20. The van der Waals surface area contributed by atoms with Crippen LogP contribution in [-0.4, -0.2) is 4.98 Å². The van der Waals surface area contributed by atoms with Crippen molar-refractivity contribution >= 4 is 6.08 Å². The second-order valence-electron chi connectivity index (χ2n) is 2.60. The highest BCUT2D eigenvalue weighted by Gasteiger charge is 2.31. The van der Waals surface area contributed by atoms with E-state index < -0.39 is 11.7 Å². The normalized spacial score (nSPS) is 11.4. The van der Waals surface area contributed by atoms with E-state index in [4.69, 9.17) is 0 Å². The van der Waals surface area contributed by atoms with Gasteiger partial charge in [0.2, 0.25) is 0 Å². The summed E-state index contributed by atoms with van der Waals surface area (Å²) in [5, 5.41) is 0. The molecule has 0 amide bonds. The van der Waals surface area contributed by atoms with Crippen LogP contribution < -0.4 is 0 Å². The number of hydrogen-bond donors (Lipinski definition) is 0. The number of nitrogens with zero attached hydrogens (tertiary/aromatic N) is 1. The van der Waals surface area contributed by atoms with Crippen molar-refractivity contribution in [1.29, 1.82) is 0 Å². The molecule has 1 heterocycles. The van der Waals surface area contributed by atoms with Crippen molar-refractivity contribution in [3.05, 3.63) is 35.7 Å². The average Bonchev–Trinajstić information content (AvgIpc) is 2.03. The largest absolute Gasteiger partial charge is 0.417 e. The Hall–Kier alpha value is -1.32. The van der Waals surface area contributed by atoms with Gasteiger partial charge in [0.25, 0.3) is 0 Å². The van der Waals surface area contributed by atoms with E-state index >= 15 is 0 Å². The fourth-order valence-corrected chi connectivity index (χ4v) is 0.912. The number of aryl methyl sites for hydroxylation is 1. The van der Waals surface area contributed by atoms with Crippen LogP contribution >= 0.6 is 0 Å². The Labute approximate surface area is 73.9 Å². The van der Waals surface area contributed by atoms with E-state index in [1.807, 2.05) is 0 Å². The molecule has 0 saturated carbocycles. The molecule has 70 valence electrons. The van der Waals surface area contributed by atoms with Gasteiger partial charge in [0.15, 0.2) is 0 Å². The quantitative estimate of drug-likeness (QED) is 0.658. The Kier molecular flexibility index (Phi) is 2.40. The lowest BCUT2D eigenvalue weighted by Crippen LogP contribution is -2.06. The predicted octanol–water partition coefficient (Wildman–Crippen LogP) is 3.05. The summed E-state index contributed by atoms with van der Waals surface area (Å²) in [6.45, 7) is 5.04. The van der Waals surface area contributed by atoms with E-state index in [-0.39, 0.29) is 0 Å². The Bertz CT molecular complexity index is 328. The lowest BCUT2D eigenvalue weighted by Gasteiger charge is -2.07. The van der Waals surface area contributed by atoms with Crippen molar-refractivity contribution in [2.24, 2.45) is 0 Å². The zero-order valence-electron chi connectivity index (χ0n) is 7.02. The molecule has 0 aliphatic rings. The molecule has 0 aliphatic carbocycles. The number of alkyl halides is 3. The second-order valence-corrected chi connectivity index (χ2v) is 2.60. The van der Waals surface area contributed by atoms with Gasteiger partial charge in [-0.05, 0) is 18.6 Å². The van der Waals surface area contributed by atoms with Crippen molar-refractivity contribution in [2.75, 3.05) is 0 Å². The number of hydrogen-bond acceptors (Lipinski definition) is 1. The molecule has 4 heteroatoms. The van der Waals surface area contributed by atoms with Crippen LogP contribution in [0.2, 0.25) is 0 Å². The van der Waals surface area contributed by atoms with Gasteiger partial charge in [-0.1, -0.05) is 12.7 Å². The standard InChI is InChI=1S/C9H8F3N/c1-3-7-4-8(9(10,11)12)5-13-6(7)2/h3-5H,1H2,2H3. The third-order valence-electron chi connectivity index (χ3n) is 1.67. The maximum atomic E-state index is 12.2. The highest BCUT2D eigenvalue weighted by atomic mass is 19.4. The summed E-state index contributed by atoms with van der Waals surface area (Å²) in [6, 6.07) is 1.04. The highest BCUT2D eigenvalue weighted by Crippen LogP contribution is 2.29. The van der Waals surface area contributed by atoms with Gasteiger partial charge in [-0.15, -0.1) is 0 Å².